The molecule has 15 heavy (non-hydrogen) atoms. The van der Waals surface area contributed by atoms with Crippen molar-refractivity contribution in [3.05, 3.63) is 29.8 Å². The monoisotopic (exact) mass is 224 g/mol. The predicted molar refractivity (Wildman–Crippen MR) is 59.3 cm³/mol. The van der Waals surface area contributed by atoms with Crippen molar-refractivity contribution in [3.63, 3.8) is 0 Å². The highest BCUT2D eigenvalue weighted by atomic mass is 35.5. The van der Waals surface area contributed by atoms with Crippen molar-refractivity contribution < 1.29 is 9.53 Å². The maximum absolute atomic E-state index is 11.5. The normalized spacial score (nSPS) is 24.9. The summed E-state index contributed by atoms with van der Waals surface area (Å²) in [5.41, 5.74) is 1.03. The number of carbonyl (C=O) groups excluding carboxylic acids is 1. The Morgan fingerprint density at radius 2 is 2.00 bits per heavy atom. The van der Waals surface area contributed by atoms with Crippen LogP contribution in [0.1, 0.15) is 25.3 Å². The van der Waals surface area contributed by atoms with Crippen molar-refractivity contribution in [1.29, 1.82) is 0 Å². The summed E-state index contributed by atoms with van der Waals surface area (Å²) in [7, 11) is 0. The molecule has 0 saturated heterocycles. The lowest BCUT2D eigenvalue weighted by atomic mass is 9.83. The zero-order valence-corrected chi connectivity index (χ0v) is 9.49. The van der Waals surface area contributed by atoms with Gasteiger partial charge in [0.25, 0.3) is 0 Å². The minimum atomic E-state index is -0.570. The van der Waals surface area contributed by atoms with Crippen LogP contribution >= 0.6 is 11.6 Å². The molecule has 0 fully saturated rings. The molecule has 2 nitrogen and oxygen atoms in total. The number of benzene rings is 1. The van der Waals surface area contributed by atoms with Crippen molar-refractivity contribution in [2.45, 2.75) is 25.1 Å². The number of para-hydroxylation sites is 1. The number of carbonyl (C=O) groups is 1. The fourth-order valence-electron chi connectivity index (χ4n) is 2.01. The van der Waals surface area contributed by atoms with Gasteiger partial charge in [0.05, 0.1) is 0 Å². The van der Waals surface area contributed by atoms with Crippen LogP contribution in [0.25, 0.3) is 0 Å². The van der Waals surface area contributed by atoms with E-state index in [9.17, 15) is 4.79 Å². The van der Waals surface area contributed by atoms with Gasteiger partial charge in [0, 0.05) is 11.5 Å². The second kappa shape index (κ2) is 3.86. The largest absolute Gasteiger partial charge is 0.425 e. The maximum Gasteiger partial charge on any atom is 0.330 e. The standard InChI is InChI=1S/C12H13ClO2/c1-7(2)10-8-5-3-4-6-9(8)15-12(14)11(10)13/h3-7,10-11H,1-2H3. The Labute approximate surface area is 94.2 Å². The number of halogens is 1. The summed E-state index contributed by atoms with van der Waals surface area (Å²) in [5, 5.41) is -0.570. The molecule has 80 valence electrons. The first kappa shape index (κ1) is 10.5. The molecule has 0 saturated carbocycles. The Morgan fingerprint density at radius 1 is 1.33 bits per heavy atom. The van der Waals surface area contributed by atoms with Crippen LogP contribution in [0.4, 0.5) is 0 Å². The molecular formula is C12H13ClO2. The Hall–Kier alpha value is -1.02. The number of alkyl halides is 1. The highest BCUT2D eigenvalue weighted by Crippen LogP contribution is 2.40. The zero-order valence-electron chi connectivity index (χ0n) is 8.74. The van der Waals surface area contributed by atoms with Gasteiger partial charge >= 0.3 is 5.97 Å². The molecule has 2 rings (SSSR count). The smallest absolute Gasteiger partial charge is 0.330 e. The van der Waals surface area contributed by atoms with Crippen molar-refractivity contribution in [1.82, 2.24) is 0 Å². The van der Waals surface area contributed by atoms with Crippen LogP contribution in [0.15, 0.2) is 24.3 Å². The fourth-order valence-corrected chi connectivity index (χ4v) is 2.49. The second-order valence-corrected chi connectivity index (χ2v) is 4.60. The third-order valence-corrected chi connectivity index (χ3v) is 3.20. The first-order chi connectivity index (χ1) is 7.11. The quantitative estimate of drug-likeness (QED) is 0.417. The van der Waals surface area contributed by atoms with Crippen LogP contribution < -0.4 is 4.74 Å². The van der Waals surface area contributed by atoms with Gasteiger partial charge in [-0.25, -0.2) is 0 Å². The molecule has 3 heteroatoms. The van der Waals surface area contributed by atoms with Gasteiger partial charge in [-0.15, -0.1) is 11.6 Å². The van der Waals surface area contributed by atoms with Crippen LogP contribution in [0, 0.1) is 5.92 Å². The third kappa shape index (κ3) is 1.74. The molecule has 0 aromatic heterocycles. The molecule has 0 aliphatic carbocycles. The van der Waals surface area contributed by atoms with Crippen molar-refractivity contribution >= 4 is 17.6 Å². The van der Waals surface area contributed by atoms with Crippen molar-refractivity contribution in [2.24, 2.45) is 5.92 Å². The molecular weight excluding hydrogens is 212 g/mol. The van der Waals surface area contributed by atoms with Gasteiger partial charge in [-0.05, 0) is 12.0 Å². The molecule has 0 radical (unpaired) electrons. The van der Waals surface area contributed by atoms with E-state index in [1.54, 1.807) is 0 Å². The van der Waals surface area contributed by atoms with Crippen molar-refractivity contribution in [3.8, 4) is 5.75 Å². The van der Waals surface area contributed by atoms with Gasteiger partial charge < -0.3 is 4.74 Å². The molecule has 0 amide bonds. The maximum atomic E-state index is 11.5. The van der Waals surface area contributed by atoms with Crippen molar-refractivity contribution in [2.75, 3.05) is 0 Å². The molecule has 0 bridgehead atoms. The van der Waals surface area contributed by atoms with Crippen LogP contribution in [-0.2, 0) is 4.79 Å². The summed E-state index contributed by atoms with van der Waals surface area (Å²) in [6, 6.07) is 7.59. The molecule has 1 aliphatic rings. The number of hydrogen-bond acceptors (Lipinski definition) is 2. The first-order valence-corrected chi connectivity index (χ1v) is 5.49. The topological polar surface area (TPSA) is 26.3 Å². The van der Waals surface area contributed by atoms with Gasteiger partial charge in [0.15, 0.2) is 0 Å². The Balaban J connectivity index is 2.49. The zero-order chi connectivity index (χ0) is 11.0. The van der Waals surface area contributed by atoms with Gasteiger partial charge in [-0.2, -0.15) is 0 Å². The molecule has 0 spiro atoms. The van der Waals surface area contributed by atoms with Gasteiger partial charge in [-0.1, -0.05) is 32.0 Å². The average Bonchev–Trinajstić information content (AvgIpc) is 2.19. The minimum Gasteiger partial charge on any atom is -0.425 e. The molecule has 1 aliphatic heterocycles. The highest BCUT2D eigenvalue weighted by Gasteiger charge is 2.37. The molecule has 1 aromatic carbocycles. The number of hydrogen-bond donors (Lipinski definition) is 0. The van der Waals surface area contributed by atoms with E-state index in [-0.39, 0.29) is 11.9 Å². The number of fused-ring (bicyclic) bond motifs is 1. The van der Waals surface area contributed by atoms with E-state index in [4.69, 9.17) is 16.3 Å². The number of rotatable bonds is 1. The molecule has 1 heterocycles. The van der Waals surface area contributed by atoms with Gasteiger partial charge in [-0.3, -0.25) is 4.79 Å². The molecule has 2 unspecified atom stereocenters. The van der Waals surface area contributed by atoms with E-state index in [0.717, 1.165) is 5.56 Å². The summed E-state index contributed by atoms with van der Waals surface area (Å²) >= 11 is 6.08. The molecule has 0 N–H and O–H groups in total. The van der Waals surface area contributed by atoms with Gasteiger partial charge in [0.2, 0.25) is 0 Å². The Bertz CT molecular complexity index is 387. The van der Waals surface area contributed by atoms with Crippen LogP contribution in [0.5, 0.6) is 5.75 Å². The third-order valence-electron chi connectivity index (χ3n) is 2.75. The lowest BCUT2D eigenvalue weighted by Crippen LogP contribution is -2.34. The second-order valence-electron chi connectivity index (χ2n) is 4.13. The predicted octanol–water partition coefficient (Wildman–Crippen LogP) is 2.95. The highest BCUT2D eigenvalue weighted by molar-refractivity contribution is 6.31. The van der Waals surface area contributed by atoms with Gasteiger partial charge in [0.1, 0.15) is 11.1 Å². The summed E-state index contributed by atoms with van der Waals surface area (Å²) < 4.78 is 5.15. The fraction of sp³-hybridized carbons (Fsp3) is 0.417. The first-order valence-electron chi connectivity index (χ1n) is 5.06. The Morgan fingerprint density at radius 3 is 2.67 bits per heavy atom. The Kier molecular flexibility index (Phi) is 2.70. The van der Waals surface area contributed by atoms with E-state index >= 15 is 0 Å². The number of ether oxygens (including phenoxy) is 1. The van der Waals surface area contributed by atoms with E-state index in [1.165, 1.54) is 0 Å². The average molecular weight is 225 g/mol. The van der Waals surface area contributed by atoms with Crippen LogP contribution in [0.2, 0.25) is 0 Å². The lowest BCUT2D eigenvalue weighted by molar-refractivity contribution is -0.135. The van der Waals surface area contributed by atoms with E-state index in [0.29, 0.717) is 11.7 Å². The summed E-state index contributed by atoms with van der Waals surface area (Å²) in [6.07, 6.45) is 0. The molecule has 1 aromatic rings. The van der Waals surface area contributed by atoms with E-state index in [2.05, 4.69) is 13.8 Å². The van der Waals surface area contributed by atoms with E-state index in [1.807, 2.05) is 24.3 Å². The summed E-state index contributed by atoms with van der Waals surface area (Å²) in [6.45, 7) is 4.13. The summed E-state index contributed by atoms with van der Waals surface area (Å²) in [5.74, 6) is 0.679. The van der Waals surface area contributed by atoms with E-state index < -0.39 is 5.38 Å². The lowest BCUT2D eigenvalue weighted by Gasteiger charge is -2.30. The minimum absolute atomic E-state index is 0.0455. The summed E-state index contributed by atoms with van der Waals surface area (Å²) in [4.78, 5) is 11.5. The van der Waals surface area contributed by atoms with Crippen LogP contribution in [-0.4, -0.2) is 11.3 Å². The van der Waals surface area contributed by atoms with Crippen LogP contribution in [0.3, 0.4) is 0 Å². The molecule has 2 atom stereocenters. The SMILES string of the molecule is CC(C)C1c2ccccc2OC(=O)C1Cl. The number of esters is 1.